The van der Waals surface area contributed by atoms with Crippen molar-refractivity contribution >= 4 is 11.0 Å². The average Bonchev–Trinajstić information content (AvgIpc) is 0. The minimum absolute atomic E-state index is 0. The molecule has 36 valence electrons. The van der Waals surface area contributed by atoms with Gasteiger partial charge in [0.1, 0.15) is 0 Å². The quantitative estimate of drug-likeness (QED) is 0.278. The molecule has 0 bridgehead atoms. The second kappa shape index (κ2) is 11700. The van der Waals surface area contributed by atoms with Gasteiger partial charge in [0, 0.05) is 11.0 Å². The molecule has 8 N–H and O–H groups in total. The predicted octanol–water partition coefficient (Wildman–Crippen LogP) is -3.68. The molecule has 0 fully saturated rings. The van der Waals surface area contributed by atoms with Crippen LogP contribution in [-0.4, -0.2) is 32.9 Å². The third-order valence-electron chi connectivity index (χ3n) is 0. The molecule has 0 atom stereocenters. The summed E-state index contributed by atoms with van der Waals surface area (Å²) in [5.74, 6) is 0. The monoisotopic (exact) mass is 100 g/mol. The minimum Gasteiger partial charge on any atom is -0.412 e. The van der Waals surface area contributed by atoms with Crippen LogP contribution in [0.1, 0.15) is 0 Å². The van der Waals surface area contributed by atoms with Gasteiger partial charge in [0.25, 0.3) is 0 Å². The molecule has 0 spiro atoms. The van der Waals surface area contributed by atoms with E-state index in [1.165, 1.54) is 0 Å². The molecule has 0 aromatic heterocycles. The average molecular weight is 100 g/mol. The van der Waals surface area contributed by atoms with Crippen LogP contribution in [0, 0.1) is 0 Å². The standard InChI is InChI=1S/4H2O.Si/h4*1H2;. The van der Waals surface area contributed by atoms with Crippen LogP contribution in [0.2, 0.25) is 0 Å². The van der Waals surface area contributed by atoms with Crippen molar-refractivity contribution in [1.29, 1.82) is 0 Å². The van der Waals surface area contributed by atoms with Gasteiger partial charge in [-0.15, -0.1) is 0 Å². The highest BCUT2D eigenvalue weighted by Gasteiger charge is 0.00000979. The molecular formula is H8O4Si. The summed E-state index contributed by atoms with van der Waals surface area (Å²) in [5, 5.41) is 0. The van der Waals surface area contributed by atoms with Crippen molar-refractivity contribution in [3.05, 3.63) is 0 Å². The van der Waals surface area contributed by atoms with Gasteiger partial charge in [0.2, 0.25) is 0 Å². The van der Waals surface area contributed by atoms with Crippen LogP contribution in [0.4, 0.5) is 0 Å². The molecule has 0 rings (SSSR count). The first-order valence-corrected chi connectivity index (χ1v) is 0. The topological polar surface area (TPSA) is 126 Å². The van der Waals surface area contributed by atoms with Gasteiger partial charge >= 0.3 is 0 Å². The molecule has 0 aromatic carbocycles. The van der Waals surface area contributed by atoms with Crippen LogP contribution >= 0.6 is 0 Å². The third kappa shape index (κ3) is 5300. The van der Waals surface area contributed by atoms with Gasteiger partial charge in [-0.3, -0.25) is 0 Å². The zero-order valence-corrected chi connectivity index (χ0v) is 3.50. The minimum atomic E-state index is 0. The van der Waals surface area contributed by atoms with E-state index in [0.717, 1.165) is 0 Å². The van der Waals surface area contributed by atoms with E-state index < -0.39 is 0 Å². The Hall–Kier alpha value is 0.0569. The Labute approximate surface area is 34.1 Å². The van der Waals surface area contributed by atoms with E-state index in [2.05, 4.69) is 0 Å². The zero-order chi connectivity index (χ0) is 0. The second-order valence-corrected chi connectivity index (χ2v) is 0. The SMILES string of the molecule is O.O.O.O.[Si]. The maximum Gasteiger partial charge on any atom is 0 e. The molecule has 5 heteroatoms. The van der Waals surface area contributed by atoms with Crippen molar-refractivity contribution in [2.24, 2.45) is 0 Å². The van der Waals surface area contributed by atoms with Gasteiger partial charge in [-0.2, -0.15) is 0 Å². The van der Waals surface area contributed by atoms with E-state index in [9.17, 15) is 0 Å². The summed E-state index contributed by atoms with van der Waals surface area (Å²) in [6, 6.07) is 0. The number of hydrogen-bond donors (Lipinski definition) is 0. The highest BCUT2D eigenvalue weighted by Crippen LogP contribution is -0.286. The van der Waals surface area contributed by atoms with E-state index in [0.29, 0.717) is 0 Å². The normalized spacial score (nSPS) is 0. The summed E-state index contributed by atoms with van der Waals surface area (Å²) in [4.78, 5) is 0. The Bertz CT molecular complexity index is 3.61. The molecule has 4 nitrogen and oxygen atoms in total. The molecule has 0 aliphatic heterocycles. The lowest BCUT2D eigenvalue weighted by Crippen LogP contribution is -0.381. The van der Waals surface area contributed by atoms with Crippen molar-refractivity contribution in [2.45, 2.75) is 0 Å². The molecule has 0 aliphatic rings. The second-order valence-electron chi connectivity index (χ2n) is 0. The Morgan fingerprint density at radius 1 is 0.400 bits per heavy atom. The fourth-order valence-corrected chi connectivity index (χ4v) is 0. The smallest absolute Gasteiger partial charge is 0 e. The van der Waals surface area contributed by atoms with Gasteiger partial charge in [0.05, 0.1) is 0 Å². The zero-order valence-electron chi connectivity index (χ0n) is 2.50. The summed E-state index contributed by atoms with van der Waals surface area (Å²) in [5.41, 5.74) is 0. The largest absolute Gasteiger partial charge is 0.412 e. The highest BCUT2D eigenvalue weighted by atomic mass is 28.1. The van der Waals surface area contributed by atoms with Gasteiger partial charge in [0.15, 0.2) is 0 Å². The third-order valence-corrected chi connectivity index (χ3v) is 0. The summed E-state index contributed by atoms with van der Waals surface area (Å²) < 4.78 is 0. The summed E-state index contributed by atoms with van der Waals surface area (Å²) >= 11 is 0. The highest BCUT2D eigenvalue weighted by molar-refractivity contribution is 5.75. The Morgan fingerprint density at radius 3 is 0.400 bits per heavy atom. The molecular weight excluding hydrogens is 92.1 g/mol. The maximum atomic E-state index is 0. The fraction of sp³-hybridized carbons (Fsp3) is 0. The van der Waals surface area contributed by atoms with Crippen molar-refractivity contribution < 1.29 is 21.9 Å². The van der Waals surface area contributed by atoms with Crippen molar-refractivity contribution in [1.82, 2.24) is 0 Å². The molecule has 4 radical (unpaired) electrons. The van der Waals surface area contributed by atoms with E-state index >= 15 is 0 Å². The first kappa shape index (κ1) is 25700. The van der Waals surface area contributed by atoms with Crippen LogP contribution in [0.15, 0.2) is 0 Å². The van der Waals surface area contributed by atoms with E-state index in [4.69, 9.17) is 0 Å². The number of rotatable bonds is 0. The van der Waals surface area contributed by atoms with Gasteiger partial charge in [-0.05, 0) is 0 Å². The molecule has 0 heterocycles. The first-order valence-electron chi connectivity index (χ1n) is 0. The molecule has 0 saturated heterocycles. The van der Waals surface area contributed by atoms with E-state index in [-0.39, 0.29) is 32.9 Å². The molecule has 0 saturated carbocycles. The summed E-state index contributed by atoms with van der Waals surface area (Å²) in [7, 11) is 0. The summed E-state index contributed by atoms with van der Waals surface area (Å²) in [6.45, 7) is 0. The van der Waals surface area contributed by atoms with Gasteiger partial charge in [-0.1, -0.05) is 0 Å². The summed E-state index contributed by atoms with van der Waals surface area (Å²) in [6.07, 6.45) is 0. The lowest BCUT2D eigenvalue weighted by atomic mass is 16.0. The molecule has 0 unspecified atom stereocenters. The van der Waals surface area contributed by atoms with Crippen LogP contribution in [0.5, 0.6) is 0 Å². The Morgan fingerprint density at radius 2 is 0.400 bits per heavy atom. The lowest BCUT2D eigenvalue weighted by molar-refractivity contribution is 0.823. The first-order chi connectivity index (χ1) is 0. The van der Waals surface area contributed by atoms with Crippen molar-refractivity contribution in [3.63, 3.8) is 0 Å². The number of hydrogen-bond acceptors (Lipinski definition) is 0. The van der Waals surface area contributed by atoms with Crippen LogP contribution in [0.25, 0.3) is 0 Å². The van der Waals surface area contributed by atoms with Crippen molar-refractivity contribution in [2.75, 3.05) is 0 Å². The van der Waals surface area contributed by atoms with Crippen LogP contribution in [-0.2, 0) is 0 Å². The van der Waals surface area contributed by atoms with E-state index in [1.807, 2.05) is 0 Å². The predicted molar refractivity (Wildman–Crippen MR) is 20.2 cm³/mol. The van der Waals surface area contributed by atoms with E-state index in [1.54, 1.807) is 0 Å². The Kier molecular flexibility index (Phi) is 60300000. The molecule has 0 aromatic rings. The fourth-order valence-electron chi connectivity index (χ4n) is 0. The molecule has 0 aliphatic carbocycles. The van der Waals surface area contributed by atoms with Crippen molar-refractivity contribution in [3.8, 4) is 0 Å². The Balaban J connectivity index is 0. The molecule has 0 amide bonds. The van der Waals surface area contributed by atoms with Crippen LogP contribution < -0.4 is 0 Å². The molecule has 5 heavy (non-hydrogen) atoms. The van der Waals surface area contributed by atoms with Gasteiger partial charge < -0.3 is 21.9 Å². The van der Waals surface area contributed by atoms with Gasteiger partial charge in [-0.25, -0.2) is 0 Å². The maximum absolute atomic E-state index is 0. The van der Waals surface area contributed by atoms with Crippen LogP contribution in [0.3, 0.4) is 0 Å². The lowest BCUT2D eigenvalue weighted by Gasteiger charge is -0.413.